The minimum atomic E-state index is -1.72. The number of hydrogen-bond donors (Lipinski definition) is 3. The number of hydrogen-bond acceptors (Lipinski definition) is 3. The molecule has 0 spiro atoms. The Balaban J connectivity index is 2.75. The minimum Gasteiger partial charge on any atom is -0.333 e. The van der Waals surface area contributed by atoms with E-state index in [1.54, 1.807) is 0 Å². The molecule has 0 saturated carbocycles. The highest BCUT2D eigenvalue weighted by Crippen LogP contribution is 2.20. The van der Waals surface area contributed by atoms with Crippen LogP contribution >= 0.6 is 0 Å². The van der Waals surface area contributed by atoms with Gasteiger partial charge in [-0.25, -0.2) is 0 Å². The van der Waals surface area contributed by atoms with Crippen molar-refractivity contribution in [2.75, 3.05) is 0 Å². The van der Waals surface area contributed by atoms with E-state index in [0.717, 1.165) is 0 Å². The molecule has 0 amide bonds. The largest absolute Gasteiger partial charge is 0.333 e. The third kappa shape index (κ3) is 4.80. The number of rotatable bonds is 7. The Bertz CT molecular complexity index is 315. The first kappa shape index (κ1) is 17.1. The second-order valence-electron chi connectivity index (χ2n) is 6.33. The van der Waals surface area contributed by atoms with Gasteiger partial charge in [0.1, 0.15) is 0 Å². The maximum absolute atomic E-state index is 4.05. The summed E-state index contributed by atoms with van der Waals surface area (Å²) in [6, 6.07) is 1.31. The summed E-state index contributed by atoms with van der Waals surface area (Å²) < 4.78 is 11.7. The van der Waals surface area contributed by atoms with Gasteiger partial charge >= 0.3 is 0 Å². The van der Waals surface area contributed by atoms with Crippen LogP contribution in [0.15, 0.2) is 24.6 Å². The van der Waals surface area contributed by atoms with E-state index in [-0.39, 0.29) is 0 Å². The molecule has 0 aliphatic carbocycles. The normalized spacial score (nSPS) is 38.9. The third-order valence-electron chi connectivity index (χ3n) is 3.94. The van der Waals surface area contributed by atoms with E-state index in [2.05, 4.69) is 65.1 Å². The van der Waals surface area contributed by atoms with Crippen LogP contribution in [0.5, 0.6) is 0 Å². The lowest BCUT2D eigenvalue weighted by molar-refractivity contribution is 0.692. The van der Waals surface area contributed by atoms with E-state index < -0.39 is 25.2 Å². The van der Waals surface area contributed by atoms with Gasteiger partial charge < -0.3 is 13.9 Å². The van der Waals surface area contributed by atoms with Crippen molar-refractivity contribution in [1.82, 2.24) is 13.9 Å². The first-order valence-electron chi connectivity index (χ1n) is 7.45. The second-order valence-corrected chi connectivity index (χ2v) is 18.1. The fourth-order valence-electron chi connectivity index (χ4n) is 3.01. The van der Waals surface area contributed by atoms with Crippen LogP contribution in [-0.4, -0.2) is 25.2 Å². The van der Waals surface area contributed by atoms with Crippen molar-refractivity contribution >= 4 is 25.2 Å². The molecule has 0 aromatic carbocycles. The van der Waals surface area contributed by atoms with Crippen LogP contribution in [-0.2, 0) is 0 Å². The van der Waals surface area contributed by atoms with E-state index in [9.17, 15) is 0 Å². The molecule has 0 aromatic heterocycles. The molecule has 1 fully saturated rings. The highest BCUT2D eigenvalue weighted by molar-refractivity contribution is 7.08. The van der Waals surface area contributed by atoms with Crippen LogP contribution in [0, 0.1) is 0 Å². The summed E-state index contributed by atoms with van der Waals surface area (Å²) in [5.41, 5.74) is 4.28. The van der Waals surface area contributed by atoms with E-state index in [4.69, 9.17) is 0 Å². The van der Waals surface area contributed by atoms with Crippen LogP contribution in [0.1, 0.15) is 32.6 Å². The fourth-order valence-corrected chi connectivity index (χ4v) is 22.5. The van der Waals surface area contributed by atoms with Gasteiger partial charge in [-0.05, 0) is 25.7 Å². The van der Waals surface area contributed by atoms with Crippen molar-refractivity contribution in [2.45, 2.75) is 58.3 Å². The highest BCUT2D eigenvalue weighted by atomic mass is 28.5. The average Bonchev–Trinajstić information content (AvgIpc) is 2.33. The Morgan fingerprint density at radius 2 is 1.37 bits per heavy atom. The summed E-state index contributed by atoms with van der Waals surface area (Å²) in [5.74, 6) is 0. The molecule has 1 saturated heterocycles. The van der Waals surface area contributed by atoms with E-state index in [1.807, 2.05) is 0 Å². The van der Waals surface area contributed by atoms with Gasteiger partial charge in [-0.2, -0.15) is 0 Å². The summed E-state index contributed by atoms with van der Waals surface area (Å²) in [6.45, 7) is 17.5. The van der Waals surface area contributed by atoms with Gasteiger partial charge in [0.05, 0.1) is 0 Å². The number of unbranched alkanes of at least 4 members (excludes halogenated alkanes) is 3. The van der Waals surface area contributed by atoms with Crippen molar-refractivity contribution in [3.8, 4) is 0 Å². The van der Waals surface area contributed by atoms with E-state index >= 15 is 0 Å². The lowest BCUT2D eigenvalue weighted by Gasteiger charge is -2.51. The molecule has 0 aromatic rings. The fraction of sp³-hybridized carbons (Fsp3) is 0.692. The predicted molar refractivity (Wildman–Crippen MR) is 93.6 cm³/mol. The summed E-state index contributed by atoms with van der Waals surface area (Å²) in [6.07, 6.45) is 5.35. The number of nitrogens with one attached hydrogen (secondary N) is 3. The lowest BCUT2D eigenvalue weighted by Crippen LogP contribution is -2.89. The van der Waals surface area contributed by atoms with Gasteiger partial charge in [-0.15, -0.1) is 13.2 Å². The SMILES string of the molecule is C=C[Si]1(C)N[Si](C)(C=C)N[Si](C)(CCCCCC)N1. The predicted octanol–water partition coefficient (Wildman–Crippen LogP) is 3.02. The lowest BCUT2D eigenvalue weighted by atomic mass is 10.2. The standard InChI is InChI=1S/C13H31N3Si3/c1-7-10-11-12-13-19(6)15-17(4,8-2)14-18(5,9-3)16-19/h8-9,14-16H,2-3,7,10-13H2,1,4-6H3. The summed E-state index contributed by atoms with van der Waals surface area (Å²) in [5, 5.41) is 0. The topological polar surface area (TPSA) is 36.1 Å². The molecule has 0 bridgehead atoms. The first-order valence-corrected chi connectivity index (χ1v) is 15.3. The zero-order valence-corrected chi connectivity index (χ0v) is 16.1. The molecule has 1 heterocycles. The Morgan fingerprint density at radius 1 is 0.842 bits per heavy atom. The van der Waals surface area contributed by atoms with Crippen molar-refractivity contribution in [3.63, 3.8) is 0 Å². The van der Waals surface area contributed by atoms with Gasteiger partial charge in [0.15, 0.2) is 8.40 Å². The Hall–Kier alpha value is 0.0106. The summed E-state index contributed by atoms with van der Waals surface area (Å²) in [4.78, 5) is 0. The van der Waals surface area contributed by atoms with Crippen molar-refractivity contribution in [3.05, 3.63) is 24.6 Å². The van der Waals surface area contributed by atoms with Gasteiger partial charge in [0.2, 0.25) is 16.8 Å². The van der Waals surface area contributed by atoms with Crippen LogP contribution in [0.3, 0.4) is 0 Å². The van der Waals surface area contributed by atoms with Gasteiger partial charge in [0, 0.05) is 0 Å². The zero-order chi connectivity index (χ0) is 14.6. The molecule has 1 rings (SSSR count). The zero-order valence-electron chi connectivity index (χ0n) is 13.1. The molecule has 1 aliphatic rings. The molecule has 2 atom stereocenters. The average molecular weight is 314 g/mol. The molecule has 0 radical (unpaired) electrons. The maximum Gasteiger partial charge on any atom is 0.212 e. The molecule has 6 heteroatoms. The Kier molecular flexibility index (Phi) is 5.97. The molecule has 2 unspecified atom stereocenters. The summed E-state index contributed by atoms with van der Waals surface area (Å²) >= 11 is 0. The van der Waals surface area contributed by atoms with Crippen LogP contribution in [0.25, 0.3) is 0 Å². The smallest absolute Gasteiger partial charge is 0.212 e. The van der Waals surface area contributed by atoms with Gasteiger partial charge in [-0.1, -0.05) is 44.0 Å². The molecule has 3 N–H and O–H groups in total. The van der Waals surface area contributed by atoms with E-state index in [0.29, 0.717) is 0 Å². The Morgan fingerprint density at radius 3 is 1.79 bits per heavy atom. The summed E-state index contributed by atoms with van der Waals surface area (Å²) in [7, 11) is -5.02. The monoisotopic (exact) mass is 313 g/mol. The quantitative estimate of drug-likeness (QED) is 0.499. The van der Waals surface area contributed by atoms with Crippen molar-refractivity contribution in [2.24, 2.45) is 0 Å². The van der Waals surface area contributed by atoms with Gasteiger partial charge in [-0.3, -0.25) is 0 Å². The molecule has 110 valence electrons. The van der Waals surface area contributed by atoms with Crippen molar-refractivity contribution < 1.29 is 0 Å². The molecular formula is C13H31N3Si3. The molecular weight excluding hydrogens is 282 g/mol. The van der Waals surface area contributed by atoms with Crippen LogP contribution in [0.4, 0.5) is 0 Å². The van der Waals surface area contributed by atoms with Crippen LogP contribution in [0.2, 0.25) is 25.7 Å². The Labute approximate surface area is 122 Å². The van der Waals surface area contributed by atoms with Crippen LogP contribution < -0.4 is 13.9 Å². The maximum atomic E-state index is 4.05. The minimum absolute atomic E-state index is 1.30. The van der Waals surface area contributed by atoms with Crippen molar-refractivity contribution in [1.29, 1.82) is 0 Å². The first-order chi connectivity index (χ1) is 8.80. The molecule has 3 nitrogen and oxygen atoms in total. The van der Waals surface area contributed by atoms with Gasteiger partial charge in [0.25, 0.3) is 0 Å². The second kappa shape index (κ2) is 6.64. The third-order valence-corrected chi connectivity index (χ3v) is 19.6. The highest BCUT2D eigenvalue weighted by Gasteiger charge is 2.48. The molecule has 19 heavy (non-hydrogen) atoms. The molecule has 1 aliphatic heterocycles. The van der Waals surface area contributed by atoms with E-state index in [1.165, 1.54) is 31.7 Å².